The Kier molecular flexibility index (Phi) is 4.63. The van der Waals surface area contributed by atoms with Crippen molar-refractivity contribution >= 4 is 33.0 Å². The minimum Gasteiger partial charge on any atom is -0.496 e. The molecule has 0 fully saturated rings. The van der Waals surface area contributed by atoms with E-state index in [1.807, 2.05) is 18.2 Å². The molecule has 18 heavy (non-hydrogen) atoms. The Balaban J connectivity index is 1.96. The van der Waals surface area contributed by atoms with Crippen LogP contribution in [0.5, 0.6) is 5.75 Å². The highest BCUT2D eigenvalue weighted by atomic mass is 79.9. The van der Waals surface area contributed by atoms with Crippen LogP contribution in [-0.2, 0) is 13.1 Å². The first-order valence-corrected chi connectivity index (χ1v) is 7.23. The molecule has 0 amide bonds. The highest BCUT2D eigenvalue weighted by Gasteiger charge is 2.04. The molecule has 0 saturated heterocycles. The van der Waals surface area contributed by atoms with Gasteiger partial charge in [0.2, 0.25) is 0 Å². The molecule has 0 aliphatic rings. The Hall–Kier alpha value is -1.04. The number of nitrogens with two attached hydrogens (primary N) is 1. The molecule has 0 atom stereocenters. The average Bonchev–Trinajstić information content (AvgIpc) is 2.77. The van der Waals surface area contributed by atoms with E-state index < -0.39 is 0 Å². The van der Waals surface area contributed by atoms with E-state index in [1.54, 1.807) is 18.4 Å². The zero-order valence-electron chi connectivity index (χ0n) is 10.1. The SMILES string of the molecule is COc1cc(N)ccc1CNCc1sccc1Br. The van der Waals surface area contributed by atoms with Gasteiger partial charge in [-0.25, -0.2) is 0 Å². The molecule has 3 nitrogen and oxygen atoms in total. The van der Waals surface area contributed by atoms with Crippen molar-refractivity contribution in [2.24, 2.45) is 0 Å². The first-order chi connectivity index (χ1) is 8.70. The number of nitrogen functional groups attached to an aromatic ring is 1. The average molecular weight is 327 g/mol. The number of benzene rings is 1. The van der Waals surface area contributed by atoms with E-state index in [-0.39, 0.29) is 0 Å². The van der Waals surface area contributed by atoms with Gasteiger partial charge in [0.05, 0.1) is 7.11 Å². The lowest BCUT2D eigenvalue weighted by Gasteiger charge is -2.10. The fourth-order valence-electron chi connectivity index (χ4n) is 1.67. The minimum atomic E-state index is 0.719. The van der Waals surface area contributed by atoms with Crippen LogP contribution in [0.1, 0.15) is 10.4 Å². The first-order valence-electron chi connectivity index (χ1n) is 5.55. The van der Waals surface area contributed by atoms with Crippen LogP contribution < -0.4 is 15.8 Å². The minimum absolute atomic E-state index is 0.719. The van der Waals surface area contributed by atoms with Gasteiger partial charge in [0, 0.05) is 39.8 Å². The van der Waals surface area contributed by atoms with Crippen LogP contribution in [-0.4, -0.2) is 7.11 Å². The van der Waals surface area contributed by atoms with Gasteiger partial charge in [-0.05, 0) is 33.4 Å². The Morgan fingerprint density at radius 3 is 2.83 bits per heavy atom. The van der Waals surface area contributed by atoms with Crippen molar-refractivity contribution in [2.45, 2.75) is 13.1 Å². The van der Waals surface area contributed by atoms with Crippen molar-refractivity contribution in [2.75, 3.05) is 12.8 Å². The third kappa shape index (κ3) is 3.25. The van der Waals surface area contributed by atoms with Gasteiger partial charge in [-0.2, -0.15) is 0 Å². The second-order valence-corrected chi connectivity index (χ2v) is 5.72. The zero-order chi connectivity index (χ0) is 13.0. The molecule has 2 rings (SSSR count). The molecule has 2 aromatic rings. The van der Waals surface area contributed by atoms with Gasteiger partial charge in [-0.3, -0.25) is 0 Å². The molecule has 3 N–H and O–H groups in total. The molecule has 96 valence electrons. The lowest BCUT2D eigenvalue weighted by Crippen LogP contribution is -2.13. The number of hydrogen-bond donors (Lipinski definition) is 2. The van der Waals surface area contributed by atoms with Gasteiger partial charge >= 0.3 is 0 Å². The normalized spacial score (nSPS) is 10.6. The molecule has 0 radical (unpaired) electrons. The Morgan fingerprint density at radius 2 is 2.17 bits per heavy atom. The highest BCUT2D eigenvalue weighted by Crippen LogP contribution is 2.24. The molecule has 0 saturated carbocycles. The molecule has 1 aromatic heterocycles. The molecule has 0 bridgehead atoms. The molecule has 1 aromatic carbocycles. The molecule has 5 heteroatoms. The van der Waals surface area contributed by atoms with E-state index in [0.29, 0.717) is 0 Å². The maximum absolute atomic E-state index is 5.72. The van der Waals surface area contributed by atoms with Gasteiger partial charge in [0.15, 0.2) is 0 Å². The third-order valence-electron chi connectivity index (χ3n) is 2.60. The fraction of sp³-hybridized carbons (Fsp3) is 0.231. The third-order valence-corrected chi connectivity index (χ3v) is 4.53. The number of rotatable bonds is 5. The van der Waals surface area contributed by atoms with E-state index in [4.69, 9.17) is 10.5 Å². The molecule has 1 heterocycles. The molecular weight excluding hydrogens is 312 g/mol. The van der Waals surface area contributed by atoms with Crippen molar-refractivity contribution in [3.63, 3.8) is 0 Å². The predicted molar refractivity (Wildman–Crippen MR) is 80.0 cm³/mol. The number of halogens is 1. The monoisotopic (exact) mass is 326 g/mol. The lowest BCUT2D eigenvalue weighted by molar-refractivity contribution is 0.408. The van der Waals surface area contributed by atoms with Crippen molar-refractivity contribution in [1.82, 2.24) is 5.32 Å². The smallest absolute Gasteiger partial charge is 0.125 e. The van der Waals surface area contributed by atoms with E-state index in [1.165, 1.54) is 4.88 Å². The Labute approximate surface area is 119 Å². The maximum atomic E-state index is 5.72. The van der Waals surface area contributed by atoms with Crippen LogP contribution in [0.25, 0.3) is 0 Å². The van der Waals surface area contributed by atoms with E-state index in [0.717, 1.165) is 34.6 Å². The molecular formula is C13H15BrN2OS. The van der Waals surface area contributed by atoms with Gasteiger partial charge in [-0.1, -0.05) is 6.07 Å². The maximum Gasteiger partial charge on any atom is 0.125 e. The van der Waals surface area contributed by atoms with Gasteiger partial charge in [-0.15, -0.1) is 11.3 Å². The quantitative estimate of drug-likeness (QED) is 0.828. The van der Waals surface area contributed by atoms with Crippen molar-refractivity contribution < 1.29 is 4.74 Å². The summed E-state index contributed by atoms with van der Waals surface area (Å²) in [4.78, 5) is 1.30. The highest BCUT2D eigenvalue weighted by molar-refractivity contribution is 9.10. The fourth-order valence-corrected chi connectivity index (χ4v) is 3.13. The topological polar surface area (TPSA) is 47.3 Å². The summed E-state index contributed by atoms with van der Waals surface area (Å²) in [5.74, 6) is 0.827. The first kappa shape index (κ1) is 13.4. The molecule has 0 aliphatic carbocycles. The van der Waals surface area contributed by atoms with Crippen LogP contribution in [0, 0.1) is 0 Å². The lowest BCUT2D eigenvalue weighted by atomic mass is 10.2. The van der Waals surface area contributed by atoms with Crippen LogP contribution in [0.2, 0.25) is 0 Å². The second kappa shape index (κ2) is 6.22. The van der Waals surface area contributed by atoms with Crippen LogP contribution >= 0.6 is 27.3 Å². The summed E-state index contributed by atoms with van der Waals surface area (Å²) < 4.78 is 6.47. The number of ether oxygens (including phenoxy) is 1. The summed E-state index contributed by atoms with van der Waals surface area (Å²) in [5.41, 5.74) is 7.55. The number of hydrogen-bond acceptors (Lipinski definition) is 4. The summed E-state index contributed by atoms with van der Waals surface area (Å²) in [6.45, 7) is 1.60. The summed E-state index contributed by atoms with van der Waals surface area (Å²) in [6, 6.07) is 7.79. The van der Waals surface area contributed by atoms with Gasteiger partial charge in [0.25, 0.3) is 0 Å². The number of anilines is 1. The van der Waals surface area contributed by atoms with Crippen molar-refractivity contribution in [1.29, 1.82) is 0 Å². The summed E-state index contributed by atoms with van der Waals surface area (Å²) in [5, 5.41) is 5.47. The van der Waals surface area contributed by atoms with E-state index in [2.05, 4.69) is 32.7 Å². The predicted octanol–water partition coefficient (Wildman–Crippen LogP) is 3.39. The standard InChI is InChI=1S/C13H15BrN2OS/c1-17-12-6-10(15)3-2-9(12)7-16-8-13-11(14)4-5-18-13/h2-6,16H,7-8,15H2,1H3. The summed E-state index contributed by atoms with van der Waals surface area (Å²) in [6.07, 6.45) is 0. The molecule has 0 aliphatic heterocycles. The van der Waals surface area contributed by atoms with Crippen molar-refractivity contribution in [3.8, 4) is 5.75 Å². The van der Waals surface area contributed by atoms with Crippen LogP contribution in [0.15, 0.2) is 34.1 Å². The van der Waals surface area contributed by atoms with Crippen molar-refractivity contribution in [3.05, 3.63) is 44.6 Å². The van der Waals surface area contributed by atoms with Crippen LogP contribution in [0.3, 0.4) is 0 Å². The number of thiophene rings is 1. The Morgan fingerprint density at radius 1 is 1.33 bits per heavy atom. The van der Waals surface area contributed by atoms with Crippen LogP contribution in [0.4, 0.5) is 5.69 Å². The number of methoxy groups -OCH3 is 1. The molecule has 0 unspecified atom stereocenters. The second-order valence-electron chi connectivity index (χ2n) is 3.87. The van der Waals surface area contributed by atoms with Gasteiger partial charge < -0.3 is 15.8 Å². The zero-order valence-corrected chi connectivity index (χ0v) is 12.5. The summed E-state index contributed by atoms with van der Waals surface area (Å²) >= 11 is 5.26. The Bertz CT molecular complexity index is 527. The van der Waals surface area contributed by atoms with E-state index >= 15 is 0 Å². The summed E-state index contributed by atoms with van der Waals surface area (Å²) in [7, 11) is 1.66. The number of nitrogens with one attached hydrogen (secondary N) is 1. The largest absolute Gasteiger partial charge is 0.496 e. The van der Waals surface area contributed by atoms with Gasteiger partial charge in [0.1, 0.15) is 5.75 Å². The van der Waals surface area contributed by atoms with E-state index in [9.17, 15) is 0 Å². The molecule has 0 spiro atoms.